The lowest BCUT2D eigenvalue weighted by Gasteiger charge is -2.22. The van der Waals surface area contributed by atoms with Gasteiger partial charge < -0.3 is 9.64 Å². The number of likely N-dealkylation sites (N-methyl/N-ethyl adjacent to an activating group) is 1. The van der Waals surface area contributed by atoms with E-state index in [0.717, 1.165) is 10.3 Å². The number of carbonyl (C=O) groups is 1. The maximum Gasteiger partial charge on any atom is 0.278 e. The van der Waals surface area contributed by atoms with Gasteiger partial charge >= 0.3 is 0 Å². The highest BCUT2D eigenvalue weighted by atomic mass is 35.5. The lowest BCUT2D eigenvalue weighted by atomic mass is 10.2. The second-order valence-electron chi connectivity index (χ2n) is 6.48. The number of benzene rings is 1. The molecule has 0 N–H and O–H groups in total. The third-order valence-electron chi connectivity index (χ3n) is 4.24. The first-order valence-corrected chi connectivity index (χ1v) is 9.61. The van der Waals surface area contributed by atoms with Gasteiger partial charge in [0.05, 0.1) is 23.0 Å². The van der Waals surface area contributed by atoms with Crippen molar-refractivity contribution >= 4 is 44.2 Å². The highest BCUT2D eigenvalue weighted by Gasteiger charge is 2.26. The summed E-state index contributed by atoms with van der Waals surface area (Å²) < 4.78 is 7.80. The number of ether oxygens (including phenoxy) is 1. The zero-order valence-electron chi connectivity index (χ0n) is 16.0. The van der Waals surface area contributed by atoms with E-state index in [1.807, 2.05) is 25.9 Å². The summed E-state index contributed by atoms with van der Waals surface area (Å²) in [7, 11) is 7.30. The molecule has 1 amide bonds. The van der Waals surface area contributed by atoms with Gasteiger partial charge in [0.15, 0.2) is 5.13 Å². The maximum atomic E-state index is 13.3. The number of hydrogen-bond acceptors (Lipinski definition) is 6. The maximum absolute atomic E-state index is 13.3. The quantitative estimate of drug-likeness (QED) is 0.627. The van der Waals surface area contributed by atoms with Gasteiger partial charge in [0.2, 0.25) is 0 Å². The van der Waals surface area contributed by atoms with Gasteiger partial charge in [-0.3, -0.25) is 14.4 Å². The minimum absolute atomic E-state index is 0.136. The standard InChI is InChI=1S/C18H22ClN5O2S/c1-11-10-20-23(4)15(11)17(25)24(9-8-22(2)3)18-21-14-13(26-5)7-6-12(19)16(14)27-18/h6-7,10H,8-9H2,1-5H3. The molecular formula is C18H22ClN5O2S. The number of amides is 1. The highest BCUT2D eigenvalue weighted by Crippen LogP contribution is 2.39. The summed E-state index contributed by atoms with van der Waals surface area (Å²) in [6, 6.07) is 3.56. The molecule has 0 saturated carbocycles. The Labute approximate surface area is 167 Å². The minimum atomic E-state index is -0.136. The molecule has 27 heavy (non-hydrogen) atoms. The summed E-state index contributed by atoms with van der Waals surface area (Å²) in [4.78, 5) is 21.7. The third-order valence-corrected chi connectivity index (χ3v) is 5.78. The van der Waals surface area contributed by atoms with Crippen LogP contribution < -0.4 is 9.64 Å². The molecule has 144 valence electrons. The van der Waals surface area contributed by atoms with Gasteiger partial charge in [-0.05, 0) is 38.7 Å². The predicted molar refractivity (Wildman–Crippen MR) is 109 cm³/mol. The SMILES string of the molecule is COc1ccc(Cl)c2sc(N(CCN(C)C)C(=O)c3c(C)cnn3C)nc12. The fourth-order valence-corrected chi connectivity index (χ4v) is 4.07. The number of nitrogens with zero attached hydrogens (tertiary/aromatic N) is 5. The molecule has 0 radical (unpaired) electrons. The number of anilines is 1. The smallest absolute Gasteiger partial charge is 0.278 e. The van der Waals surface area contributed by atoms with Crippen LogP contribution in [0.15, 0.2) is 18.3 Å². The lowest BCUT2D eigenvalue weighted by Crippen LogP contribution is -2.38. The van der Waals surface area contributed by atoms with Crippen LogP contribution in [0.25, 0.3) is 10.2 Å². The van der Waals surface area contributed by atoms with Crippen molar-refractivity contribution in [2.45, 2.75) is 6.92 Å². The minimum Gasteiger partial charge on any atom is -0.494 e. The average Bonchev–Trinajstić information content (AvgIpc) is 3.19. The average molecular weight is 408 g/mol. The Balaban J connectivity index is 2.09. The van der Waals surface area contributed by atoms with E-state index in [4.69, 9.17) is 16.3 Å². The van der Waals surface area contributed by atoms with Gasteiger partial charge in [0.25, 0.3) is 5.91 Å². The van der Waals surface area contributed by atoms with Crippen LogP contribution in [-0.2, 0) is 7.05 Å². The van der Waals surface area contributed by atoms with Crippen molar-refractivity contribution in [3.8, 4) is 5.75 Å². The number of rotatable bonds is 6. The Kier molecular flexibility index (Phi) is 5.69. The first-order chi connectivity index (χ1) is 12.8. The number of thiazole rings is 1. The molecule has 7 nitrogen and oxygen atoms in total. The van der Waals surface area contributed by atoms with Gasteiger partial charge in [-0.1, -0.05) is 22.9 Å². The van der Waals surface area contributed by atoms with Crippen LogP contribution in [0.5, 0.6) is 5.75 Å². The summed E-state index contributed by atoms with van der Waals surface area (Å²) in [5, 5.41) is 5.37. The Bertz CT molecular complexity index is 962. The van der Waals surface area contributed by atoms with E-state index >= 15 is 0 Å². The molecule has 1 aromatic carbocycles. The number of halogens is 1. The summed E-state index contributed by atoms with van der Waals surface area (Å²) >= 11 is 7.73. The van der Waals surface area contributed by atoms with Crippen molar-refractivity contribution in [1.29, 1.82) is 0 Å². The number of aromatic nitrogens is 3. The molecule has 0 unspecified atom stereocenters. The molecule has 0 aliphatic rings. The Hall–Kier alpha value is -2.16. The zero-order chi connectivity index (χ0) is 19.7. The van der Waals surface area contributed by atoms with Gasteiger partial charge in [0, 0.05) is 20.1 Å². The number of carbonyl (C=O) groups excluding carboxylic acids is 1. The molecule has 0 aliphatic heterocycles. The number of fused-ring (bicyclic) bond motifs is 1. The topological polar surface area (TPSA) is 63.5 Å². The molecule has 0 atom stereocenters. The monoisotopic (exact) mass is 407 g/mol. The summed E-state index contributed by atoms with van der Waals surface area (Å²) in [5.41, 5.74) is 2.04. The van der Waals surface area contributed by atoms with Crippen LogP contribution in [0.3, 0.4) is 0 Å². The molecule has 3 aromatic rings. The molecule has 0 aliphatic carbocycles. The summed E-state index contributed by atoms with van der Waals surface area (Å²) in [5.74, 6) is 0.497. The Morgan fingerprint density at radius 2 is 2.07 bits per heavy atom. The molecular weight excluding hydrogens is 386 g/mol. The molecule has 0 spiro atoms. The molecule has 0 saturated heterocycles. The van der Waals surface area contributed by atoms with E-state index in [-0.39, 0.29) is 5.91 Å². The van der Waals surface area contributed by atoms with E-state index in [1.54, 1.807) is 42.1 Å². The second kappa shape index (κ2) is 7.84. The van der Waals surface area contributed by atoms with E-state index < -0.39 is 0 Å². The first-order valence-electron chi connectivity index (χ1n) is 8.41. The molecule has 0 bridgehead atoms. The summed E-state index contributed by atoms with van der Waals surface area (Å²) in [6.45, 7) is 3.07. The number of hydrogen-bond donors (Lipinski definition) is 0. The third kappa shape index (κ3) is 3.78. The van der Waals surface area contributed by atoms with Crippen LogP contribution in [0.2, 0.25) is 5.02 Å². The molecule has 2 heterocycles. The molecule has 2 aromatic heterocycles. The van der Waals surface area contributed by atoms with Crippen molar-refractivity contribution in [3.05, 3.63) is 34.6 Å². The van der Waals surface area contributed by atoms with E-state index in [0.29, 0.717) is 40.2 Å². The van der Waals surface area contributed by atoms with Gasteiger partial charge in [-0.2, -0.15) is 5.10 Å². The van der Waals surface area contributed by atoms with Crippen molar-refractivity contribution in [1.82, 2.24) is 19.7 Å². The van der Waals surface area contributed by atoms with Gasteiger partial charge in [0.1, 0.15) is 17.0 Å². The number of methoxy groups -OCH3 is 1. The lowest BCUT2D eigenvalue weighted by molar-refractivity contribution is 0.0975. The zero-order valence-corrected chi connectivity index (χ0v) is 17.6. The summed E-state index contributed by atoms with van der Waals surface area (Å²) in [6.07, 6.45) is 1.69. The van der Waals surface area contributed by atoms with Crippen LogP contribution in [0, 0.1) is 6.92 Å². The molecule has 9 heteroatoms. The van der Waals surface area contributed by atoms with Gasteiger partial charge in [-0.25, -0.2) is 4.98 Å². The van der Waals surface area contributed by atoms with Crippen molar-refractivity contribution < 1.29 is 9.53 Å². The highest BCUT2D eigenvalue weighted by molar-refractivity contribution is 7.23. The van der Waals surface area contributed by atoms with Crippen molar-refractivity contribution in [3.63, 3.8) is 0 Å². The predicted octanol–water partition coefficient (Wildman–Crippen LogP) is 3.21. The normalized spacial score (nSPS) is 11.4. The fourth-order valence-electron chi connectivity index (χ4n) is 2.79. The van der Waals surface area contributed by atoms with Crippen molar-refractivity contribution in [2.75, 3.05) is 39.2 Å². The van der Waals surface area contributed by atoms with Crippen LogP contribution in [-0.4, -0.2) is 59.9 Å². The van der Waals surface area contributed by atoms with E-state index in [1.165, 1.54) is 11.3 Å². The fraction of sp³-hybridized carbons (Fsp3) is 0.389. The van der Waals surface area contributed by atoms with E-state index in [9.17, 15) is 4.79 Å². The van der Waals surface area contributed by atoms with Crippen LogP contribution >= 0.6 is 22.9 Å². The van der Waals surface area contributed by atoms with Crippen LogP contribution in [0.4, 0.5) is 5.13 Å². The van der Waals surface area contributed by atoms with Crippen LogP contribution in [0.1, 0.15) is 16.1 Å². The number of aryl methyl sites for hydroxylation is 2. The second-order valence-corrected chi connectivity index (χ2v) is 7.87. The van der Waals surface area contributed by atoms with Gasteiger partial charge in [-0.15, -0.1) is 0 Å². The molecule has 3 rings (SSSR count). The first kappa shape index (κ1) is 19.6. The molecule has 0 fully saturated rings. The van der Waals surface area contributed by atoms with Crippen molar-refractivity contribution in [2.24, 2.45) is 7.05 Å². The van der Waals surface area contributed by atoms with E-state index in [2.05, 4.69) is 10.1 Å². The Morgan fingerprint density at radius 1 is 1.33 bits per heavy atom. The largest absolute Gasteiger partial charge is 0.494 e. The Morgan fingerprint density at radius 3 is 2.67 bits per heavy atom.